The van der Waals surface area contributed by atoms with E-state index in [4.69, 9.17) is 0 Å². The molecule has 1 atom stereocenters. The lowest BCUT2D eigenvalue weighted by Crippen LogP contribution is -2.19. The van der Waals surface area contributed by atoms with Crippen LogP contribution in [0.5, 0.6) is 0 Å². The number of fused-ring (bicyclic) bond motifs is 1. The van der Waals surface area contributed by atoms with Gasteiger partial charge in [0.05, 0.1) is 6.04 Å². The number of hydrogen-bond donors (Lipinski definition) is 1. The van der Waals surface area contributed by atoms with Crippen molar-refractivity contribution >= 4 is 20.4 Å². The smallest absolute Gasteiger partial charge is 0.129 e. The minimum atomic E-state index is -0.150. The Morgan fingerprint density at radius 3 is 2.92 bits per heavy atom. The summed E-state index contributed by atoms with van der Waals surface area (Å²) in [6.07, 6.45) is 1.85. The van der Waals surface area contributed by atoms with Crippen molar-refractivity contribution in [3.05, 3.63) is 41.3 Å². The van der Waals surface area contributed by atoms with E-state index in [0.29, 0.717) is 0 Å². The van der Waals surface area contributed by atoms with Gasteiger partial charge in [-0.25, -0.2) is 4.39 Å². The topological polar surface area (TPSA) is 12.0 Å². The van der Waals surface area contributed by atoms with Crippen molar-refractivity contribution in [2.75, 3.05) is 0 Å². The van der Waals surface area contributed by atoms with Crippen LogP contribution in [0.3, 0.4) is 0 Å². The molecule has 0 aliphatic carbocycles. The van der Waals surface area contributed by atoms with Gasteiger partial charge >= 0.3 is 0 Å². The van der Waals surface area contributed by atoms with Crippen molar-refractivity contribution in [2.45, 2.75) is 13.0 Å². The summed E-state index contributed by atoms with van der Waals surface area (Å²) in [5.41, 5.74) is 1.67. The van der Waals surface area contributed by atoms with E-state index < -0.39 is 0 Å². The maximum Gasteiger partial charge on any atom is 0.129 e. The lowest BCUT2D eigenvalue weighted by molar-refractivity contribution is 0.567. The van der Waals surface area contributed by atoms with Crippen molar-refractivity contribution in [2.24, 2.45) is 0 Å². The molecule has 13 heavy (non-hydrogen) atoms. The summed E-state index contributed by atoms with van der Waals surface area (Å²) in [7, 11) is 0. The normalized spacial score (nSPS) is 20.2. The van der Waals surface area contributed by atoms with Gasteiger partial charge < -0.3 is 5.32 Å². The molecule has 0 amide bonds. The predicted octanol–water partition coefficient (Wildman–Crippen LogP) is 3.18. The van der Waals surface area contributed by atoms with Gasteiger partial charge in [0.1, 0.15) is 5.82 Å². The molecule has 1 aliphatic rings. The first-order valence-electron chi connectivity index (χ1n) is 4.10. The average molecular weight is 242 g/mol. The van der Waals surface area contributed by atoms with Gasteiger partial charge in [0.25, 0.3) is 0 Å². The van der Waals surface area contributed by atoms with Crippen molar-refractivity contribution < 1.29 is 4.39 Å². The molecule has 0 aromatic heterocycles. The van der Waals surface area contributed by atoms with Crippen molar-refractivity contribution in [3.8, 4) is 0 Å². The molecule has 0 radical (unpaired) electrons. The van der Waals surface area contributed by atoms with Crippen LogP contribution in [0.4, 0.5) is 4.39 Å². The van der Waals surface area contributed by atoms with E-state index in [1.807, 2.05) is 19.2 Å². The van der Waals surface area contributed by atoms with Gasteiger partial charge in [0, 0.05) is 16.2 Å². The Morgan fingerprint density at radius 1 is 1.46 bits per heavy atom. The zero-order valence-corrected chi connectivity index (χ0v) is 8.73. The highest BCUT2D eigenvalue weighted by Gasteiger charge is 2.19. The second-order valence-electron chi connectivity index (χ2n) is 3.08. The highest BCUT2D eigenvalue weighted by Crippen LogP contribution is 2.33. The minimum absolute atomic E-state index is 0.0394. The molecule has 1 aromatic rings. The van der Waals surface area contributed by atoms with Gasteiger partial charge in [-0.1, -0.05) is 12.1 Å². The fourth-order valence-electron chi connectivity index (χ4n) is 1.54. The largest absolute Gasteiger partial charge is 0.383 e. The predicted molar refractivity (Wildman–Crippen MR) is 54.9 cm³/mol. The van der Waals surface area contributed by atoms with E-state index in [0.717, 1.165) is 15.6 Å². The van der Waals surface area contributed by atoms with Crippen LogP contribution < -0.4 is 5.32 Å². The number of nitrogens with one attached hydrogen (secondary N) is 1. The van der Waals surface area contributed by atoms with Crippen LogP contribution in [-0.4, -0.2) is 0 Å². The molecular weight excluding hydrogens is 233 g/mol. The highest BCUT2D eigenvalue weighted by molar-refractivity contribution is 9.15. The Morgan fingerprint density at radius 2 is 2.23 bits per heavy atom. The van der Waals surface area contributed by atoms with Gasteiger partial charge in [0.2, 0.25) is 0 Å². The fourth-order valence-corrected chi connectivity index (χ4v) is 2.02. The monoisotopic (exact) mass is 241 g/mol. The van der Waals surface area contributed by atoms with Crippen molar-refractivity contribution in [3.63, 3.8) is 0 Å². The van der Waals surface area contributed by atoms with Crippen LogP contribution in [0.1, 0.15) is 24.1 Å². The van der Waals surface area contributed by atoms with Gasteiger partial charge in [-0.15, -0.1) is 0 Å². The van der Waals surface area contributed by atoms with E-state index in [2.05, 4.69) is 21.2 Å². The molecule has 1 nitrogen and oxygen atoms in total. The van der Waals surface area contributed by atoms with Crippen LogP contribution in [0.15, 0.2) is 24.4 Å². The lowest BCUT2D eigenvalue weighted by Gasteiger charge is -2.22. The van der Waals surface area contributed by atoms with Gasteiger partial charge in [-0.2, -0.15) is 0 Å². The zero-order chi connectivity index (χ0) is 9.42. The molecule has 0 saturated heterocycles. The molecule has 68 valence electrons. The summed E-state index contributed by atoms with van der Waals surface area (Å²) in [5, 5.41) is 3.08. The average Bonchev–Trinajstić information content (AvgIpc) is 2.12. The molecule has 1 heterocycles. The summed E-state index contributed by atoms with van der Waals surface area (Å²) in [6.45, 7) is 1.94. The number of benzene rings is 1. The van der Waals surface area contributed by atoms with Gasteiger partial charge in [-0.05, 0) is 34.5 Å². The Bertz CT molecular complexity index is 373. The number of rotatable bonds is 0. The van der Waals surface area contributed by atoms with E-state index in [1.54, 1.807) is 6.07 Å². The maximum atomic E-state index is 13.4. The molecule has 1 aromatic carbocycles. The third-order valence-electron chi connectivity index (χ3n) is 2.20. The molecule has 3 heteroatoms. The second kappa shape index (κ2) is 3.14. The van der Waals surface area contributed by atoms with E-state index in [1.165, 1.54) is 6.07 Å². The lowest BCUT2D eigenvalue weighted by atomic mass is 9.98. The van der Waals surface area contributed by atoms with Crippen molar-refractivity contribution in [1.29, 1.82) is 0 Å². The summed E-state index contributed by atoms with van der Waals surface area (Å²) in [4.78, 5) is 0. The van der Waals surface area contributed by atoms with Crippen LogP contribution in [0.25, 0.3) is 4.48 Å². The molecule has 0 fully saturated rings. The highest BCUT2D eigenvalue weighted by atomic mass is 79.9. The summed E-state index contributed by atoms with van der Waals surface area (Å²) in [5.74, 6) is -0.150. The maximum absolute atomic E-state index is 13.4. The first-order valence-corrected chi connectivity index (χ1v) is 4.90. The third kappa shape index (κ3) is 1.37. The molecule has 0 bridgehead atoms. The van der Waals surface area contributed by atoms with Crippen LogP contribution in [0.2, 0.25) is 0 Å². The Hall–Kier alpha value is -0.830. The fraction of sp³-hybridized carbons (Fsp3) is 0.200. The van der Waals surface area contributed by atoms with Crippen LogP contribution >= 0.6 is 15.9 Å². The quantitative estimate of drug-likeness (QED) is 0.736. The van der Waals surface area contributed by atoms with E-state index in [9.17, 15) is 4.39 Å². The molecule has 0 saturated carbocycles. The number of halogens is 2. The van der Waals surface area contributed by atoms with Crippen LogP contribution in [0, 0.1) is 5.82 Å². The Balaban J connectivity index is 2.66. The van der Waals surface area contributed by atoms with Gasteiger partial charge in [0.15, 0.2) is 0 Å². The van der Waals surface area contributed by atoms with Crippen LogP contribution in [-0.2, 0) is 0 Å². The van der Waals surface area contributed by atoms with E-state index in [-0.39, 0.29) is 11.9 Å². The van der Waals surface area contributed by atoms with Gasteiger partial charge in [-0.3, -0.25) is 0 Å². The molecule has 2 rings (SSSR count). The summed E-state index contributed by atoms with van der Waals surface area (Å²) >= 11 is 3.38. The standard InChI is InChI=1S/C10H9BrFN/c1-6-10-7(8(11)5-13-6)3-2-4-9(10)12/h2-6,13H,1H3. The second-order valence-corrected chi connectivity index (χ2v) is 3.94. The zero-order valence-electron chi connectivity index (χ0n) is 7.14. The summed E-state index contributed by atoms with van der Waals surface area (Å²) < 4.78 is 14.3. The first-order chi connectivity index (χ1) is 6.20. The third-order valence-corrected chi connectivity index (χ3v) is 2.86. The van der Waals surface area contributed by atoms with E-state index >= 15 is 0 Å². The molecule has 1 aliphatic heterocycles. The summed E-state index contributed by atoms with van der Waals surface area (Å²) in [6, 6.07) is 5.16. The van der Waals surface area contributed by atoms with Crippen molar-refractivity contribution in [1.82, 2.24) is 5.32 Å². The molecule has 0 spiro atoms. The Kier molecular flexibility index (Phi) is 2.12. The minimum Gasteiger partial charge on any atom is -0.383 e. The number of hydrogen-bond acceptors (Lipinski definition) is 1. The molecular formula is C10H9BrFN. The first kappa shape index (κ1) is 8.75. The Labute approximate surface area is 84.8 Å². The SMILES string of the molecule is CC1NC=C(Br)c2cccc(F)c21. The molecule has 1 unspecified atom stereocenters. The molecule has 1 N–H and O–H groups in total.